The molecule has 0 spiro atoms. The molecule has 0 bridgehead atoms. The fourth-order valence-corrected chi connectivity index (χ4v) is 3.63. The minimum atomic E-state index is -0.421. The molecule has 11 heteroatoms. The molecule has 0 saturated heterocycles. The van der Waals surface area contributed by atoms with Crippen molar-refractivity contribution in [2.24, 2.45) is 11.7 Å². The number of nitrogens with two attached hydrogens (primary N) is 2. The molecule has 0 aliphatic carbocycles. The van der Waals surface area contributed by atoms with Gasteiger partial charge in [-0.2, -0.15) is 5.10 Å². The fourth-order valence-electron chi connectivity index (χ4n) is 2.70. The maximum absolute atomic E-state index is 13.1. The smallest absolute Gasteiger partial charge is 0.190 e. The number of Topliss-reactive ketones (excluding diaryl/α,β-unsaturated/α-hetero) is 1. The van der Waals surface area contributed by atoms with E-state index in [9.17, 15) is 13.6 Å². The van der Waals surface area contributed by atoms with Crippen LogP contribution in [0.15, 0.2) is 63.3 Å². The van der Waals surface area contributed by atoms with Crippen molar-refractivity contribution in [3.05, 3.63) is 86.1 Å². The topological polar surface area (TPSA) is 133 Å². The van der Waals surface area contributed by atoms with Crippen molar-refractivity contribution in [2.45, 2.75) is 13.8 Å². The lowest BCUT2D eigenvalue weighted by molar-refractivity contribution is 0.103. The number of aromatic nitrogens is 2. The van der Waals surface area contributed by atoms with Crippen molar-refractivity contribution < 1.29 is 19.1 Å². The molecule has 0 saturated carbocycles. The van der Waals surface area contributed by atoms with Crippen LogP contribution in [0.4, 0.5) is 8.78 Å². The molecule has 3 aromatic rings. The third kappa shape index (κ3) is 9.93. The van der Waals surface area contributed by atoms with Crippen LogP contribution in [0.1, 0.15) is 22.8 Å². The summed E-state index contributed by atoms with van der Waals surface area (Å²) in [6, 6.07) is 8.92. The fraction of sp³-hybridized carbons (Fsp3) is 0.182. The minimum absolute atomic E-state index is 0. The Morgan fingerprint density at radius 3 is 2.03 bits per heavy atom. The number of nitrogens with zero attached hydrogens (tertiary/aromatic N) is 2. The second-order valence-electron chi connectivity index (χ2n) is 6.85. The molecule has 33 heavy (non-hydrogen) atoms. The van der Waals surface area contributed by atoms with E-state index >= 15 is 0 Å². The van der Waals surface area contributed by atoms with Crippen LogP contribution in [0.25, 0.3) is 11.3 Å². The molecule has 0 radical (unpaired) electrons. The summed E-state index contributed by atoms with van der Waals surface area (Å²) >= 11 is 6.41. The lowest BCUT2D eigenvalue weighted by Crippen LogP contribution is -2.08. The van der Waals surface area contributed by atoms with Gasteiger partial charge in [-0.3, -0.25) is 21.6 Å². The largest absolute Gasteiger partial charge is 0.412 e. The molecule has 0 fully saturated rings. The van der Waals surface area contributed by atoms with Gasteiger partial charge in [-0.15, -0.1) is 0 Å². The molecule has 0 aliphatic rings. The van der Waals surface area contributed by atoms with Gasteiger partial charge in [-0.25, -0.2) is 8.78 Å². The summed E-state index contributed by atoms with van der Waals surface area (Å²) in [6.07, 6.45) is 3.43. The van der Waals surface area contributed by atoms with Crippen LogP contribution in [0, 0.1) is 18.6 Å². The van der Waals surface area contributed by atoms with Gasteiger partial charge < -0.3 is 10.4 Å². The van der Waals surface area contributed by atoms with Crippen molar-refractivity contribution in [3.8, 4) is 11.3 Å². The summed E-state index contributed by atoms with van der Waals surface area (Å²) in [7, 11) is 3.66. The molecular weight excluding hydrogens is 564 g/mol. The highest BCUT2D eigenvalue weighted by Crippen LogP contribution is 2.25. The zero-order valence-electron chi connectivity index (χ0n) is 18.6. The number of benzene rings is 2. The number of aryl methyl sites for hydroxylation is 1. The molecule has 1 aromatic heterocycles. The Bertz CT molecular complexity index is 1050. The molecule has 7 N–H and O–H groups in total. The first kappa shape index (κ1) is 30.6. The quantitative estimate of drug-likeness (QED) is 0.178. The SMILES string of the molecule is C/C(=C\N(C)C)C(=O)c1cc(F)cc(Br)c1.Cc1cn[nH]c1-c1cc(F)cc(Br)c1.NN.O. The van der Waals surface area contributed by atoms with E-state index in [0.29, 0.717) is 15.6 Å². The van der Waals surface area contributed by atoms with Crippen LogP contribution in [-0.2, 0) is 0 Å². The highest BCUT2D eigenvalue weighted by molar-refractivity contribution is 9.10. The lowest BCUT2D eigenvalue weighted by Gasteiger charge is -2.08. The molecule has 2 aromatic carbocycles. The summed E-state index contributed by atoms with van der Waals surface area (Å²) in [5.74, 6) is 7.15. The van der Waals surface area contributed by atoms with E-state index < -0.39 is 5.82 Å². The predicted octanol–water partition coefficient (Wildman–Crippen LogP) is 4.52. The number of allylic oxidation sites excluding steroid dienone is 1. The van der Waals surface area contributed by atoms with Crippen molar-refractivity contribution >= 4 is 37.6 Å². The highest BCUT2D eigenvalue weighted by Gasteiger charge is 2.10. The Labute approximate surface area is 208 Å². The van der Waals surface area contributed by atoms with E-state index in [1.165, 1.54) is 24.3 Å². The second-order valence-corrected chi connectivity index (χ2v) is 8.68. The summed E-state index contributed by atoms with van der Waals surface area (Å²) in [4.78, 5) is 13.7. The Balaban J connectivity index is 0.000000564. The van der Waals surface area contributed by atoms with Crippen LogP contribution in [0.2, 0.25) is 0 Å². The minimum Gasteiger partial charge on any atom is -0.412 e. The number of H-pyrrole nitrogens is 1. The van der Waals surface area contributed by atoms with E-state index in [0.717, 1.165) is 21.3 Å². The van der Waals surface area contributed by atoms with Crippen molar-refractivity contribution in [1.29, 1.82) is 0 Å². The summed E-state index contributed by atoms with van der Waals surface area (Å²) in [6.45, 7) is 3.64. The maximum atomic E-state index is 13.1. The van der Waals surface area contributed by atoms with Crippen LogP contribution in [-0.4, -0.2) is 40.5 Å². The number of nitrogens with one attached hydrogen (secondary N) is 1. The van der Waals surface area contributed by atoms with Gasteiger partial charge in [0.2, 0.25) is 0 Å². The molecule has 7 nitrogen and oxygen atoms in total. The first-order valence-electron chi connectivity index (χ1n) is 9.22. The summed E-state index contributed by atoms with van der Waals surface area (Å²) in [5, 5.41) is 6.73. The van der Waals surface area contributed by atoms with E-state index in [4.69, 9.17) is 0 Å². The van der Waals surface area contributed by atoms with Crippen LogP contribution in [0.5, 0.6) is 0 Å². The predicted molar refractivity (Wildman–Crippen MR) is 134 cm³/mol. The molecular formula is C22H27Br2F2N5O2. The summed E-state index contributed by atoms with van der Waals surface area (Å²) < 4.78 is 27.5. The first-order valence-corrected chi connectivity index (χ1v) is 10.8. The van der Waals surface area contributed by atoms with Gasteiger partial charge in [0.1, 0.15) is 11.6 Å². The third-order valence-electron chi connectivity index (χ3n) is 3.91. The molecule has 1 heterocycles. The van der Waals surface area contributed by atoms with E-state index in [2.05, 4.69) is 53.7 Å². The molecule has 0 aliphatic heterocycles. The van der Waals surface area contributed by atoms with Gasteiger partial charge in [-0.05, 0) is 55.8 Å². The Morgan fingerprint density at radius 1 is 1.03 bits per heavy atom. The van der Waals surface area contributed by atoms with E-state index in [1.807, 2.05) is 27.1 Å². The molecule has 0 atom stereocenters. The number of halogens is 4. The number of hydrogen-bond acceptors (Lipinski definition) is 5. The zero-order valence-corrected chi connectivity index (χ0v) is 21.8. The number of hydrazine groups is 1. The molecule has 0 unspecified atom stereocenters. The maximum Gasteiger partial charge on any atom is 0.190 e. The Kier molecular flexibility index (Phi) is 13.6. The van der Waals surface area contributed by atoms with E-state index in [-0.39, 0.29) is 17.1 Å². The van der Waals surface area contributed by atoms with Gasteiger partial charge >= 0.3 is 0 Å². The number of carbonyl (C=O) groups excluding carboxylic acids is 1. The number of ketones is 1. The standard InChI is InChI=1S/C12H13BrFNO.C10H8BrFN2.H4N2.H2O/c1-8(7-15(2)3)12(16)9-4-10(13)6-11(14)5-9;1-6-5-13-14-10(6)7-2-8(11)4-9(12)3-7;1-2;/h4-7H,1-3H3;2-5H,1H3,(H,13,14);1-2H2;1H2/b8-7+;;;. The third-order valence-corrected chi connectivity index (χ3v) is 4.83. The van der Waals surface area contributed by atoms with E-state index in [1.54, 1.807) is 30.3 Å². The number of aromatic amines is 1. The zero-order chi connectivity index (χ0) is 24.4. The lowest BCUT2D eigenvalue weighted by atomic mass is 10.1. The highest BCUT2D eigenvalue weighted by atomic mass is 79.9. The van der Waals surface area contributed by atoms with Crippen molar-refractivity contribution in [1.82, 2.24) is 15.1 Å². The van der Waals surface area contributed by atoms with Gasteiger partial charge in [0, 0.05) is 45.9 Å². The number of carbonyl (C=O) groups is 1. The van der Waals surface area contributed by atoms with Gasteiger partial charge in [0.05, 0.1) is 11.9 Å². The Hall–Kier alpha value is -2.44. The van der Waals surface area contributed by atoms with Crippen LogP contribution < -0.4 is 11.7 Å². The van der Waals surface area contributed by atoms with Crippen LogP contribution in [0.3, 0.4) is 0 Å². The Morgan fingerprint density at radius 2 is 1.58 bits per heavy atom. The first-order chi connectivity index (χ1) is 15.1. The second kappa shape index (κ2) is 14.7. The van der Waals surface area contributed by atoms with Gasteiger partial charge in [0.25, 0.3) is 0 Å². The normalized spacial score (nSPS) is 10.2. The summed E-state index contributed by atoms with van der Waals surface area (Å²) in [5.41, 5.74) is 3.57. The average molecular weight is 591 g/mol. The molecule has 180 valence electrons. The molecule has 3 rings (SSSR count). The van der Waals surface area contributed by atoms with Gasteiger partial charge in [-0.1, -0.05) is 31.9 Å². The van der Waals surface area contributed by atoms with Crippen molar-refractivity contribution in [2.75, 3.05) is 14.1 Å². The molecule has 0 amide bonds. The van der Waals surface area contributed by atoms with Crippen molar-refractivity contribution in [3.63, 3.8) is 0 Å². The average Bonchev–Trinajstić information content (AvgIpc) is 3.13. The number of hydrogen-bond donors (Lipinski definition) is 3. The number of rotatable bonds is 4. The van der Waals surface area contributed by atoms with Gasteiger partial charge in [0.15, 0.2) is 5.78 Å². The monoisotopic (exact) mass is 589 g/mol. The van der Waals surface area contributed by atoms with Crippen LogP contribution >= 0.6 is 31.9 Å².